The van der Waals surface area contributed by atoms with E-state index >= 15 is 0 Å². The number of nitrogens with zero attached hydrogens (tertiary/aromatic N) is 2. The van der Waals surface area contributed by atoms with Crippen LogP contribution in [0.15, 0.2) is 77.4 Å². The maximum Gasteiger partial charge on any atom is 0.294 e. The van der Waals surface area contributed by atoms with Crippen LogP contribution in [0, 0.1) is 6.92 Å². The normalized spacial score (nSPS) is 18.6. The van der Waals surface area contributed by atoms with Crippen LogP contribution < -0.4 is 4.90 Å². The van der Waals surface area contributed by atoms with Gasteiger partial charge in [0.2, 0.25) is 5.69 Å². The highest BCUT2D eigenvalue weighted by molar-refractivity contribution is 7.85. The van der Waals surface area contributed by atoms with Gasteiger partial charge in [0.15, 0.2) is 5.71 Å². The van der Waals surface area contributed by atoms with Gasteiger partial charge in [0.05, 0.1) is 10.3 Å². The number of unbranched alkanes of at least 4 members (excludes halogenated alkanes) is 2. The number of hydrogen-bond acceptors (Lipinski definition) is 4. The minimum Gasteiger partial charge on any atom is -0.344 e. The first-order valence-electron chi connectivity index (χ1n) is 14.3. The van der Waals surface area contributed by atoms with Crippen LogP contribution >= 0.6 is 0 Å². The van der Waals surface area contributed by atoms with E-state index in [2.05, 4.69) is 87.6 Å². The molecular formula is C34H43N2O4S+. The number of Topliss-reactive ketones (excluding diaryl/α,β-unsaturated/α-hetero) is 1. The molecule has 0 atom stereocenters. The standard InChI is InChI=1S/C34H42N2O4S/c1-24-17-19-29-27(22-24)33(3,4)31(35(29)7)15-11-8-12-16-32-34(5,6)28-23-26(41(38,39)40)18-20-30(28)36(32)21-13-9-10-14-25(2)37/h8,11-12,15-20,22-23H,9-10,13-14,21H2,1-7H3/p+1. The lowest BCUT2D eigenvalue weighted by Gasteiger charge is -2.27. The van der Waals surface area contributed by atoms with E-state index in [1.807, 2.05) is 12.2 Å². The summed E-state index contributed by atoms with van der Waals surface area (Å²) in [6.45, 7) is 13.2. The Morgan fingerprint density at radius 1 is 0.951 bits per heavy atom. The number of ketones is 1. The lowest BCUT2D eigenvalue weighted by Crippen LogP contribution is -2.27. The van der Waals surface area contributed by atoms with Gasteiger partial charge in [0.25, 0.3) is 10.1 Å². The number of hydrogen-bond donors (Lipinski definition) is 1. The Morgan fingerprint density at radius 3 is 2.37 bits per heavy atom. The van der Waals surface area contributed by atoms with E-state index in [-0.39, 0.29) is 16.1 Å². The summed E-state index contributed by atoms with van der Waals surface area (Å²) >= 11 is 0. The first-order chi connectivity index (χ1) is 19.2. The fourth-order valence-electron chi connectivity index (χ4n) is 6.18. The number of anilines is 1. The van der Waals surface area contributed by atoms with Gasteiger partial charge in [-0.25, -0.2) is 0 Å². The SMILES string of the molecule is CC(=O)CCCCCN1C(=CC=CC=CC2=[N+](C)c3ccc(C)cc3C2(C)C)C(C)(C)c2cc(S(=O)(=O)O)ccc21. The highest BCUT2D eigenvalue weighted by atomic mass is 32.2. The third-order valence-corrected chi connectivity index (χ3v) is 9.34. The molecule has 0 saturated heterocycles. The van der Waals surface area contributed by atoms with Crippen LogP contribution in [-0.4, -0.2) is 42.6 Å². The minimum atomic E-state index is -4.31. The van der Waals surface area contributed by atoms with Crippen LogP contribution in [0.5, 0.6) is 0 Å². The van der Waals surface area contributed by atoms with E-state index in [9.17, 15) is 17.8 Å². The molecule has 0 spiro atoms. The lowest BCUT2D eigenvalue weighted by molar-refractivity contribution is -0.401. The van der Waals surface area contributed by atoms with E-state index in [1.165, 1.54) is 28.6 Å². The van der Waals surface area contributed by atoms with Gasteiger partial charge in [0, 0.05) is 47.5 Å². The average Bonchev–Trinajstić information content (AvgIpc) is 3.21. The van der Waals surface area contributed by atoms with Crippen molar-refractivity contribution in [3.63, 3.8) is 0 Å². The molecule has 4 rings (SSSR count). The molecule has 0 aromatic heterocycles. The molecule has 0 fully saturated rings. The zero-order valence-corrected chi connectivity index (χ0v) is 26.2. The van der Waals surface area contributed by atoms with Crippen LogP contribution in [-0.2, 0) is 25.7 Å². The maximum absolute atomic E-state index is 11.9. The number of benzene rings is 2. The molecule has 0 bridgehead atoms. The molecule has 6 nitrogen and oxygen atoms in total. The summed E-state index contributed by atoms with van der Waals surface area (Å²) in [5, 5.41) is 0. The van der Waals surface area contributed by atoms with E-state index in [4.69, 9.17) is 0 Å². The fourth-order valence-corrected chi connectivity index (χ4v) is 6.69. The summed E-state index contributed by atoms with van der Waals surface area (Å²) in [6, 6.07) is 11.5. The fraction of sp³-hybridized carbons (Fsp3) is 0.412. The zero-order valence-electron chi connectivity index (χ0n) is 25.4. The first kappa shape index (κ1) is 30.7. The molecule has 2 aromatic carbocycles. The Bertz CT molecular complexity index is 1590. The van der Waals surface area contributed by atoms with Crippen molar-refractivity contribution in [2.75, 3.05) is 18.5 Å². The van der Waals surface area contributed by atoms with E-state index < -0.39 is 15.5 Å². The molecule has 2 aromatic rings. The van der Waals surface area contributed by atoms with Crippen LogP contribution in [0.4, 0.5) is 11.4 Å². The summed E-state index contributed by atoms with van der Waals surface area (Å²) in [5.41, 5.74) is 7.36. The molecule has 0 aliphatic carbocycles. The summed E-state index contributed by atoms with van der Waals surface area (Å²) in [4.78, 5) is 13.5. The predicted octanol–water partition coefficient (Wildman–Crippen LogP) is 7.19. The molecule has 7 heteroatoms. The molecule has 2 aliphatic heterocycles. The van der Waals surface area contributed by atoms with Gasteiger partial charge in [0.1, 0.15) is 12.8 Å². The van der Waals surface area contributed by atoms with Gasteiger partial charge in [-0.15, -0.1) is 0 Å². The lowest BCUT2D eigenvalue weighted by atomic mass is 9.81. The van der Waals surface area contributed by atoms with Crippen LogP contribution in [0.1, 0.15) is 77.0 Å². The Balaban J connectivity index is 1.60. The molecule has 0 amide bonds. The Morgan fingerprint density at radius 2 is 1.68 bits per heavy atom. The summed E-state index contributed by atoms with van der Waals surface area (Å²) < 4.78 is 35.7. The molecule has 41 heavy (non-hydrogen) atoms. The first-order valence-corrected chi connectivity index (χ1v) is 15.8. The third kappa shape index (κ3) is 6.16. The number of rotatable bonds is 10. The number of allylic oxidation sites excluding steroid dienone is 6. The molecule has 218 valence electrons. The van der Waals surface area contributed by atoms with Crippen molar-refractivity contribution in [2.45, 2.75) is 83.0 Å². The Kier molecular flexibility index (Phi) is 8.63. The zero-order chi connectivity index (χ0) is 30.2. The molecule has 0 saturated carbocycles. The number of fused-ring (bicyclic) bond motifs is 2. The molecule has 0 radical (unpaired) electrons. The van der Waals surface area contributed by atoms with Crippen molar-refractivity contribution < 1.29 is 22.3 Å². The van der Waals surface area contributed by atoms with Gasteiger partial charge >= 0.3 is 0 Å². The highest BCUT2D eigenvalue weighted by Gasteiger charge is 2.43. The third-order valence-electron chi connectivity index (χ3n) is 8.49. The number of carbonyl (C=O) groups is 1. The highest BCUT2D eigenvalue weighted by Crippen LogP contribution is 2.48. The van der Waals surface area contributed by atoms with E-state index in [0.717, 1.165) is 42.8 Å². The van der Waals surface area contributed by atoms with E-state index in [0.29, 0.717) is 6.42 Å². The van der Waals surface area contributed by atoms with Gasteiger partial charge < -0.3 is 9.69 Å². The quantitative estimate of drug-likeness (QED) is 0.140. The Hall–Kier alpha value is -3.29. The molecule has 1 N–H and O–H groups in total. The van der Waals surface area contributed by atoms with Gasteiger partial charge in [-0.2, -0.15) is 13.0 Å². The largest absolute Gasteiger partial charge is 0.344 e. The van der Waals surface area contributed by atoms with Crippen molar-refractivity contribution in [2.24, 2.45) is 0 Å². The average molecular weight is 576 g/mol. The summed E-state index contributed by atoms with van der Waals surface area (Å²) in [5.74, 6) is 0.207. The topological polar surface area (TPSA) is 77.7 Å². The van der Waals surface area contributed by atoms with Crippen molar-refractivity contribution in [1.29, 1.82) is 0 Å². The van der Waals surface area contributed by atoms with Gasteiger partial charge in [-0.3, -0.25) is 4.55 Å². The van der Waals surface area contributed by atoms with Crippen LogP contribution in [0.2, 0.25) is 0 Å². The van der Waals surface area contributed by atoms with E-state index in [1.54, 1.807) is 19.1 Å². The monoisotopic (exact) mass is 575 g/mol. The summed E-state index contributed by atoms with van der Waals surface area (Å²) in [7, 11) is -2.20. The molecule has 2 heterocycles. The second kappa shape index (κ2) is 11.5. The van der Waals surface area contributed by atoms with Crippen molar-refractivity contribution in [1.82, 2.24) is 0 Å². The van der Waals surface area contributed by atoms with Crippen molar-refractivity contribution in [3.8, 4) is 0 Å². The van der Waals surface area contributed by atoms with Crippen LogP contribution in [0.25, 0.3) is 0 Å². The second-order valence-corrected chi connectivity index (χ2v) is 13.8. The van der Waals surface area contributed by atoms with Gasteiger partial charge in [-0.1, -0.05) is 50.1 Å². The summed E-state index contributed by atoms with van der Waals surface area (Å²) in [6.07, 6.45) is 13.7. The predicted molar refractivity (Wildman–Crippen MR) is 167 cm³/mol. The molecule has 0 unspecified atom stereocenters. The molecule has 2 aliphatic rings. The second-order valence-electron chi connectivity index (χ2n) is 12.3. The van der Waals surface area contributed by atoms with Crippen LogP contribution in [0.3, 0.4) is 0 Å². The number of aryl methyl sites for hydroxylation is 1. The van der Waals surface area contributed by atoms with Crippen molar-refractivity contribution in [3.05, 3.63) is 89.2 Å². The van der Waals surface area contributed by atoms with Gasteiger partial charge in [-0.05, 0) is 76.4 Å². The maximum atomic E-state index is 11.9. The smallest absolute Gasteiger partial charge is 0.294 e. The minimum absolute atomic E-state index is 0.0954. The molecular weight excluding hydrogens is 532 g/mol. The van der Waals surface area contributed by atoms with Crippen molar-refractivity contribution >= 4 is 33.0 Å². The number of carbonyl (C=O) groups excluding carboxylic acids is 1. The Labute approximate surface area is 245 Å².